The first-order chi connectivity index (χ1) is 12.7. The Bertz CT molecular complexity index is 861. The van der Waals surface area contributed by atoms with E-state index in [4.69, 9.17) is 0 Å². The van der Waals surface area contributed by atoms with Gasteiger partial charge in [-0.25, -0.2) is 4.98 Å². The predicted molar refractivity (Wildman–Crippen MR) is 101 cm³/mol. The van der Waals surface area contributed by atoms with E-state index in [1.54, 1.807) is 11.3 Å². The Balaban J connectivity index is 1.50. The van der Waals surface area contributed by atoms with Gasteiger partial charge in [-0.2, -0.15) is 5.10 Å². The zero-order valence-electron chi connectivity index (χ0n) is 14.6. The summed E-state index contributed by atoms with van der Waals surface area (Å²) in [6, 6.07) is 13.7. The molecule has 0 radical (unpaired) electrons. The highest BCUT2D eigenvalue weighted by Crippen LogP contribution is 2.32. The highest BCUT2D eigenvalue weighted by molar-refractivity contribution is 7.09. The van der Waals surface area contributed by atoms with E-state index in [-0.39, 0.29) is 18.0 Å². The van der Waals surface area contributed by atoms with Crippen LogP contribution in [0.25, 0.3) is 0 Å². The number of benzene rings is 1. The first kappa shape index (κ1) is 16.9. The van der Waals surface area contributed by atoms with Crippen molar-refractivity contribution in [2.45, 2.75) is 32.0 Å². The molecule has 134 valence electrons. The van der Waals surface area contributed by atoms with Gasteiger partial charge in [-0.05, 0) is 36.9 Å². The number of thiophene rings is 1. The van der Waals surface area contributed by atoms with Crippen molar-refractivity contribution in [3.05, 3.63) is 69.9 Å². The van der Waals surface area contributed by atoms with Gasteiger partial charge >= 0.3 is 0 Å². The summed E-state index contributed by atoms with van der Waals surface area (Å²) in [6.45, 7) is 3.53. The number of carbonyl (C=O) groups excluding carboxylic acids is 1. The summed E-state index contributed by atoms with van der Waals surface area (Å²) in [6.07, 6.45) is 0.807. The van der Waals surface area contributed by atoms with Crippen LogP contribution in [0.5, 0.6) is 0 Å². The number of rotatable bonds is 5. The van der Waals surface area contributed by atoms with Crippen molar-refractivity contribution >= 4 is 17.2 Å². The Labute approximate surface area is 156 Å². The number of H-pyrrole nitrogens is 1. The molecule has 7 heteroatoms. The maximum atomic E-state index is 12.5. The molecule has 6 nitrogen and oxygen atoms in total. The zero-order valence-corrected chi connectivity index (χ0v) is 15.4. The van der Waals surface area contributed by atoms with E-state index in [2.05, 4.69) is 42.9 Å². The van der Waals surface area contributed by atoms with Crippen molar-refractivity contribution in [2.75, 3.05) is 6.54 Å². The van der Waals surface area contributed by atoms with Crippen molar-refractivity contribution in [1.82, 2.24) is 25.4 Å². The van der Waals surface area contributed by atoms with Crippen LogP contribution in [0, 0.1) is 6.92 Å². The lowest BCUT2D eigenvalue weighted by atomic mass is 10.1. The number of carbonyl (C=O) groups is 1. The molecular weight excluding hydrogens is 346 g/mol. The van der Waals surface area contributed by atoms with Gasteiger partial charge < -0.3 is 5.32 Å². The summed E-state index contributed by atoms with van der Waals surface area (Å²) < 4.78 is 0. The standard InChI is InChI=1S/C19H21N5OS/c1-13-20-18(23-22-13)17-10-15(11-24(17)12-16-8-5-9-26-16)21-19(25)14-6-3-2-4-7-14/h2-9,15,17H,10-12H2,1H3,(H,21,25)(H,20,22,23)/t15-,17-/m0/s1. The maximum absolute atomic E-state index is 12.5. The van der Waals surface area contributed by atoms with E-state index in [0.29, 0.717) is 5.56 Å². The Morgan fingerprint density at radius 1 is 1.31 bits per heavy atom. The lowest BCUT2D eigenvalue weighted by Crippen LogP contribution is -2.36. The fourth-order valence-electron chi connectivity index (χ4n) is 3.42. The molecule has 3 heterocycles. The number of aryl methyl sites for hydroxylation is 1. The molecule has 2 aromatic heterocycles. The normalized spacial score (nSPS) is 20.3. The van der Waals surface area contributed by atoms with Crippen LogP contribution in [0.2, 0.25) is 0 Å². The van der Waals surface area contributed by atoms with Crippen molar-refractivity contribution in [3.63, 3.8) is 0 Å². The van der Waals surface area contributed by atoms with Gasteiger partial charge in [-0.3, -0.25) is 14.8 Å². The monoisotopic (exact) mass is 367 g/mol. The van der Waals surface area contributed by atoms with Gasteiger partial charge in [-0.1, -0.05) is 24.3 Å². The number of aromatic nitrogens is 3. The highest BCUT2D eigenvalue weighted by Gasteiger charge is 2.36. The van der Waals surface area contributed by atoms with E-state index >= 15 is 0 Å². The van der Waals surface area contributed by atoms with Crippen molar-refractivity contribution in [3.8, 4) is 0 Å². The number of amides is 1. The molecular formula is C19H21N5OS. The summed E-state index contributed by atoms with van der Waals surface area (Å²) in [5.74, 6) is 1.59. The average molecular weight is 367 g/mol. The molecule has 0 saturated carbocycles. The first-order valence-electron chi connectivity index (χ1n) is 8.70. The van der Waals surface area contributed by atoms with Crippen LogP contribution < -0.4 is 5.32 Å². The van der Waals surface area contributed by atoms with Gasteiger partial charge in [0.2, 0.25) is 0 Å². The number of nitrogens with one attached hydrogen (secondary N) is 2. The SMILES string of the molecule is Cc1nc([C@@H]2C[C@H](NC(=O)c3ccccc3)CN2Cc2cccs2)n[nH]1. The maximum Gasteiger partial charge on any atom is 0.251 e. The number of hydrogen-bond acceptors (Lipinski definition) is 5. The van der Waals surface area contributed by atoms with E-state index in [9.17, 15) is 4.79 Å². The van der Waals surface area contributed by atoms with Gasteiger partial charge in [0.05, 0.1) is 6.04 Å². The summed E-state index contributed by atoms with van der Waals surface area (Å²) in [5.41, 5.74) is 0.689. The molecule has 1 aliphatic rings. The Hall–Kier alpha value is -2.51. The van der Waals surface area contributed by atoms with E-state index < -0.39 is 0 Å². The Kier molecular flexibility index (Phi) is 4.81. The molecule has 4 rings (SSSR count). The minimum Gasteiger partial charge on any atom is -0.348 e. The van der Waals surface area contributed by atoms with E-state index in [1.807, 2.05) is 37.3 Å². The quantitative estimate of drug-likeness (QED) is 0.727. The zero-order chi connectivity index (χ0) is 17.9. The van der Waals surface area contributed by atoms with E-state index in [0.717, 1.165) is 31.2 Å². The molecule has 3 aromatic rings. The topological polar surface area (TPSA) is 73.9 Å². The molecule has 1 saturated heterocycles. The summed E-state index contributed by atoms with van der Waals surface area (Å²) in [7, 11) is 0. The van der Waals surface area contributed by atoms with Gasteiger partial charge in [0.1, 0.15) is 5.82 Å². The third kappa shape index (κ3) is 3.68. The molecule has 0 aliphatic carbocycles. The molecule has 0 bridgehead atoms. The minimum absolute atomic E-state index is 0.0292. The third-order valence-electron chi connectivity index (χ3n) is 4.63. The minimum atomic E-state index is -0.0292. The van der Waals surface area contributed by atoms with Crippen molar-refractivity contribution < 1.29 is 4.79 Å². The fraction of sp³-hybridized carbons (Fsp3) is 0.316. The third-order valence-corrected chi connectivity index (χ3v) is 5.49. The fourth-order valence-corrected chi connectivity index (χ4v) is 4.15. The number of hydrogen-bond donors (Lipinski definition) is 2. The molecule has 1 aliphatic heterocycles. The summed E-state index contributed by atoms with van der Waals surface area (Å²) >= 11 is 1.75. The Morgan fingerprint density at radius 3 is 2.85 bits per heavy atom. The van der Waals surface area contributed by atoms with Crippen LogP contribution in [0.4, 0.5) is 0 Å². The van der Waals surface area contributed by atoms with Crippen LogP contribution in [-0.4, -0.2) is 38.6 Å². The molecule has 26 heavy (non-hydrogen) atoms. The molecule has 1 aromatic carbocycles. The average Bonchev–Trinajstić information content (AvgIpc) is 3.38. The Morgan fingerprint density at radius 2 is 2.15 bits per heavy atom. The van der Waals surface area contributed by atoms with Crippen molar-refractivity contribution in [2.24, 2.45) is 0 Å². The molecule has 1 fully saturated rings. The second kappa shape index (κ2) is 7.39. The summed E-state index contributed by atoms with van der Waals surface area (Å²) in [4.78, 5) is 20.7. The van der Waals surface area contributed by atoms with Crippen LogP contribution in [0.1, 0.15) is 39.3 Å². The molecule has 1 amide bonds. The van der Waals surface area contributed by atoms with E-state index in [1.165, 1.54) is 4.88 Å². The molecule has 2 atom stereocenters. The number of aromatic amines is 1. The van der Waals surface area contributed by atoms with Crippen LogP contribution in [-0.2, 0) is 6.54 Å². The summed E-state index contributed by atoms with van der Waals surface area (Å²) in [5, 5.41) is 12.6. The molecule has 2 N–H and O–H groups in total. The lowest BCUT2D eigenvalue weighted by Gasteiger charge is -2.21. The highest BCUT2D eigenvalue weighted by atomic mass is 32.1. The first-order valence-corrected chi connectivity index (χ1v) is 9.58. The van der Waals surface area contributed by atoms with Gasteiger partial charge in [-0.15, -0.1) is 11.3 Å². The smallest absolute Gasteiger partial charge is 0.251 e. The molecule has 0 spiro atoms. The predicted octanol–water partition coefficient (Wildman–Crippen LogP) is 2.92. The van der Waals surface area contributed by atoms with Gasteiger partial charge in [0.25, 0.3) is 5.91 Å². The van der Waals surface area contributed by atoms with Crippen LogP contribution in [0.3, 0.4) is 0 Å². The van der Waals surface area contributed by atoms with Crippen molar-refractivity contribution in [1.29, 1.82) is 0 Å². The largest absolute Gasteiger partial charge is 0.348 e. The number of likely N-dealkylation sites (tertiary alicyclic amines) is 1. The van der Waals surface area contributed by atoms with Gasteiger partial charge in [0.15, 0.2) is 5.82 Å². The number of nitrogens with zero attached hydrogens (tertiary/aromatic N) is 3. The second-order valence-corrected chi connectivity index (χ2v) is 7.61. The van der Waals surface area contributed by atoms with Crippen LogP contribution in [0.15, 0.2) is 47.8 Å². The lowest BCUT2D eigenvalue weighted by molar-refractivity contribution is 0.0937. The second-order valence-electron chi connectivity index (χ2n) is 6.58. The van der Waals surface area contributed by atoms with Gasteiger partial charge in [0, 0.05) is 29.6 Å². The van der Waals surface area contributed by atoms with Crippen LogP contribution >= 0.6 is 11.3 Å². The molecule has 0 unspecified atom stereocenters.